The molecule has 1 aliphatic carbocycles. The van der Waals surface area contributed by atoms with Gasteiger partial charge in [0.05, 0.1) is 43.4 Å². The molecule has 0 saturated carbocycles. The fourth-order valence-electron chi connectivity index (χ4n) is 7.68. The smallest absolute Gasteiger partial charge is 0.305 e. The van der Waals surface area contributed by atoms with E-state index < -0.39 is 47.7 Å². The monoisotopic (exact) mass is 655 g/mol. The number of carboxylic acid groups (broad SMARTS) is 2. The molecular formula is C36H33NO11. The first kappa shape index (κ1) is 32.6. The van der Waals surface area contributed by atoms with E-state index in [0.717, 1.165) is 0 Å². The lowest BCUT2D eigenvalue weighted by Crippen LogP contribution is -2.16. The van der Waals surface area contributed by atoms with E-state index in [1.807, 2.05) is 0 Å². The Morgan fingerprint density at radius 2 is 1.42 bits per heavy atom. The predicted molar refractivity (Wildman–Crippen MR) is 180 cm³/mol. The summed E-state index contributed by atoms with van der Waals surface area (Å²) in [6, 6.07) is 2.43. The van der Waals surface area contributed by atoms with E-state index in [1.165, 1.54) is 26.2 Å². The summed E-state index contributed by atoms with van der Waals surface area (Å²) < 4.78 is 5.73. The number of nitrogens with one attached hydrogen (secondary N) is 1. The van der Waals surface area contributed by atoms with Crippen molar-refractivity contribution in [1.82, 2.24) is 0 Å². The minimum atomic E-state index is -1.08. The van der Waals surface area contributed by atoms with Gasteiger partial charge in [-0.2, -0.15) is 0 Å². The number of Topliss-reactive ketones (excluding diaryl/α,β-unsaturated/α-hetero) is 1. The first-order chi connectivity index (χ1) is 22.9. The number of anilines is 1. The zero-order chi connectivity index (χ0) is 34.8. The van der Waals surface area contributed by atoms with Crippen molar-refractivity contribution in [3.8, 4) is 11.5 Å². The first-order valence-corrected chi connectivity index (χ1v) is 15.4. The molecule has 1 atom stereocenters. The van der Waals surface area contributed by atoms with E-state index in [1.54, 1.807) is 13.0 Å². The van der Waals surface area contributed by atoms with Crippen molar-refractivity contribution >= 4 is 72.6 Å². The minimum absolute atomic E-state index is 0.0784. The number of aliphatic hydroxyl groups excluding tert-OH is 2. The van der Waals surface area contributed by atoms with Gasteiger partial charge in [0.2, 0.25) is 0 Å². The number of carbonyl (C=O) groups is 3. The van der Waals surface area contributed by atoms with Crippen LogP contribution in [0.15, 0.2) is 27.3 Å². The van der Waals surface area contributed by atoms with Gasteiger partial charge < -0.3 is 35.6 Å². The number of aliphatic carboxylic acids is 2. The van der Waals surface area contributed by atoms with Gasteiger partial charge in [-0.1, -0.05) is 11.6 Å². The number of hydrogen-bond donors (Lipinski definition) is 6. The highest BCUT2D eigenvalue weighted by atomic mass is 16.5. The van der Waals surface area contributed by atoms with Crippen LogP contribution in [0.2, 0.25) is 0 Å². The van der Waals surface area contributed by atoms with E-state index in [-0.39, 0.29) is 82.3 Å². The Balaban J connectivity index is 2.03. The number of carboxylic acids is 2. The topological polar surface area (TPSA) is 208 Å². The Morgan fingerprint density at radius 1 is 0.833 bits per heavy atom. The summed E-state index contributed by atoms with van der Waals surface area (Å²) in [5.41, 5.74) is 1.31. The molecule has 0 saturated heterocycles. The zero-order valence-corrected chi connectivity index (χ0v) is 26.4. The number of aromatic hydroxyl groups is 1. The van der Waals surface area contributed by atoms with E-state index in [4.69, 9.17) is 4.74 Å². The highest BCUT2D eigenvalue weighted by molar-refractivity contribution is 6.39. The summed E-state index contributed by atoms with van der Waals surface area (Å²) in [6.45, 7) is 1.82. The number of methoxy groups -OCH3 is 1. The van der Waals surface area contributed by atoms with Crippen molar-refractivity contribution in [2.45, 2.75) is 58.7 Å². The van der Waals surface area contributed by atoms with E-state index in [2.05, 4.69) is 5.32 Å². The second kappa shape index (κ2) is 12.0. The van der Waals surface area contributed by atoms with Crippen LogP contribution < -0.4 is 20.9 Å². The van der Waals surface area contributed by atoms with Crippen LogP contribution in [0.5, 0.6) is 11.5 Å². The molecule has 248 valence electrons. The molecule has 0 radical (unpaired) electrons. The van der Waals surface area contributed by atoms with Gasteiger partial charge in [-0.25, -0.2) is 0 Å². The Hall–Kier alpha value is -5.33. The number of rotatable bonds is 12. The molecule has 6 N–H and O–H groups in total. The van der Waals surface area contributed by atoms with Gasteiger partial charge in [0.15, 0.2) is 22.4 Å². The number of ether oxygens (including phenoxy) is 1. The average Bonchev–Trinajstić information content (AvgIpc) is 3.15. The molecule has 0 fully saturated rings. The molecule has 12 heteroatoms. The van der Waals surface area contributed by atoms with Crippen molar-refractivity contribution in [2.75, 3.05) is 19.0 Å². The molecule has 6 rings (SSSR count). The van der Waals surface area contributed by atoms with E-state index >= 15 is 0 Å². The molecule has 0 bridgehead atoms. The van der Waals surface area contributed by atoms with Crippen LogP contribution in [0, 0.1) is 0 Å². The molecule has 0 heterocycles. The number of aliphatic hydroxyl groups is 2. The quantitative estimate of drug-likeness (QED) is 0.0834. The Morgan fingerprint density at radius 3 is 1.96 bits per heavy atom. The van der Waals surface area contributed by atoms with Crippen molar-refractivity contribution < 1.29 is 44.7 Å². The molecule has 0 aliphatic heterocycles. The summed E-state index contributed by atoms with van der Waals surface area (Å²) in [5.74, 6) is -4.02. The Labute approximate surface area is 272 Å². The van der Waals surface area contributed by atoms with Gasteiger partial charge in [-0.15, -0.1) is 0 Å². The summed E-state index contributed by atoms with van der Waals surface area (Å²) in [6.07, 6.45) is 1.55. The first-order valence-electron chi connectivity index (χ1n) is 15.4. The molecule has 48 heavy (non-hydrogen) atoms. The van der Waals surface area contributed by atoms with Crippen LogP contribution in [0.3, 0.4) is 0 Å². The minimum Gasteiger partial charge on any atom is -0.504 e. The van der Waals surface area contributed by atoms with Crippen LogP contribution in [0.4, 0.5) is 5.69 Å². The molecule has 1 unspecified atom stereocenters. The van der Waals surface area contributed by atoms with Gasteiger partial charge in [0.1, 0.15) is 5.78 Å². The molecule has 0 aromatic heterocycles. The normalized spacial score (nSPS) is 14.3. The molecule has 0 spiro atoms. The summed E-state index contributed by atoms with van der Waals surface area (Å²) in [5, 5.41) is 56.9. The summed E-state index contributed by atoms with van der Waals surface area (Å²) >= 11 is 0. The maximum absolute atomic E-state index is 14.1. The predicted octanol–water partition coefficient (Wildman–Crippen LogP) is 3.98. The molecule has 5 aromatic rings. The van der Waals surface area contributed by atoms with Crippen LogP contribution >= 0.6 is 0 Å². The lowest BCUT2D eigenvalue weighted by atomic mass is 9.78. The number of fused-ring (bicyclic) bond motifs is 1. The van der Waals surface area contributed by atoms with Crippen molar-refractivity contribution in [3.63, 3.8) is 0 Å². The van der Waals surface area contributed by atoms with E-state index in [9.17, 15) is 49.5 Å². The summed E-state index contributed by atoms with van der Waals surface area (Å²) in [7, 11) is 1.30. The number of phenolic OH excluding ortho intramolecular Hbond substituents is 1. The molecule has 0 amide bonds. The number of hydrogen-bond acceptors (Lipinski definition) is 10. The third kappa shape index (κ3) is 4.70. The SMILES string of the molecule is COc1c(O)c2c(=O)cc(CO)c3c4c(CO)cc(=O)c5c(NCCC(=O)O)c(CCCC(=O)O)c6c(c(c1C(C(C)=O)C(C)=C6)c23)c54. The molecule has 5 aromatic carbocycles. The number of ketones is 1. The highest BCUT2D eigenvalue weighted by Crippen LogP contribution is 2.56. The second-order valence-corrected chi connectivity index (χ2v) is 12.2. The largest absolute Gasteiger partial charge is 0.504 e. The number of benzene rings is 5. The van der Waals surface area contributed by atoms with Gasteiger partial charge in [0, 0.05) is 35.0 Å². The third-order valence-corrected chi connectivity index (χ3v) is 9.38. The lowest BCUT2D eigenvalue weighted by Gasteiger charge is -2.26. The highest BCUT2D eigenvalue weighted by Gasteiger charge is 2.36. The number of allylic oxidation sites excluding steroid dienone is 1. The Bertz CT molecular complexity index is 2360. The standard InChI is InChI=1S/C36H33NO11/c1-14-9-19-18(5-4-6-22(43)44)34(37-8-7-23(45)46)28-20(41)10-16(12-38)25-26-17(13-39)11-21(42)29-31(26)32(27(19)30(25)28)33(24(14)15(2)40)36(48-3)35(29)47/h9-11,24,37-39,47H,4-8,12-13H2,1-3H3,(H,43,44)(H,45,46). The van der Waals surface area contributed by atoms with Gasteiger partial charge in [0.25, 0.3) is 0 Å². The van der Waals surface area contributed by atoms with Crippen molar-refractivity contribution in [2.24, 2.45) is 0 Å². The van der Waals surface area contributed by atoms with Crippen LogP contribution in [0.1, 0.15) is 66.8 Å². The molecular weight excluding hydrogens is 622 g/mol. The number of phenols is 1. The van der Waals surface area contributed by atoms with Crippen LogP contribution in [0.25, 0.3) is 49.2 Å². The summed E-state index contributed by atoms with van der Waals surface area (Å²) in [4.78, 5) is 64.5. The average molecular weight is 656 g/mol. The van der Waals surface area contributed by atoms with E-state index in [0.29, 0.717) is 43.6 Å². The third-order valence-electron chi connectivity index (χ3n) is 9.38. The fourth-order valence-corrected chi connectivity index (χ4v) is 7.68. The second-order valence-electron chi connectivity index (χ2n) is 12.2. The maximum Gasteiger partial charge on any atom is 0.305 e. The number of carbonyl (C=O) groups excluding carboxylic acids is 1. The van der Waals surface area contributed by atoms with Gasteiger partial charge in [-0.3, -0.25) is 24.0 Å². The fraction of sp³-hybridized carbons (Fsp3) is 0.306. The van der Waals surface area contributed by atoms with Gasteiger partial charge >= 0.3 is 11.9 Å². The Kier molecular flexibility index (Phi) is 8.18. The van der Waals surface area contributed by atoms with Crippen LogP contribution in [-0.4, -0.2) is 56.9 Å². The lowest BCUT2D eigenvalue weighted by molar-refractivity contribution is -0.137. The zero-order valence-electron chi connectivity index (χ0n) is 26.4. The van der Waals surface area contributed by atoms with Crippen molar-refractivity contribution in [3.05, 3.63) is 66.0 Å². The van der Waals surface area contributed by atoms with Gasteiger partial charge in [-0.05, 0) is 82.6 Å². The maximum atomic E-state index is 14.1. The van der Waals surface area contributed by atoms with Crippen LogP contribution in [-0.2, 0) is 34.0 Å². The van der Waals surface area contributed by atoms with Crippen molar-refractivity contribution in [1.29, 1.82) is 0 Å². The molecule has 12 nitrogen and oxygen atoms in total. The molecule has 1 aliphatic rings.